The number of rotatable bonds is 6. The number of alkyl halides is 4. The van der Waals surface area contributed by atoms with E-state index >= 15 is 0 Å². The number of halogens is 4. The van der Waals surface area contributed by atoms with Gasteiger partial charge in [-0.1, -0.05) is 18.2 Å². The molecule has 214 valence electrons. The average molecular weight is 568 g/mol. The molecule has 2 atom stereocenters. The van der Waals surface area contributed by atoms with Crippen LogP contribution in [0.25, 0.3) is 11.3 Å². The predicted octanol–water partition coefficient (Wildman–Crippen LogP) is 4.61. The Morgan fingerprint density at radius 1 is 1.15 bits per heavy atom. The van der Waals surface area contributed by atoms with Crippen LogP contribution < -0.4 is 20.3 Å². The molecule has 3 aromatic rings. The number of nitrogens with zero attached hydrogens (tertiary/aromatic N) is 3. The highest BCUT2D eigenvalue weighted by atomic mass is 19.4. The first kappa shape index (κ1) is 28.4. The van der Waals surface area contributed by atoms with Crippen LogP contribution in [0.3, 0.4) is 0 Å². The first-order valence-electron chi connectivity index (χ1n) is 13.3. The van der Waals surface area contributed by atoms with Gasteiger partial charge in [0.25, 0.3) is 0 Å². The molecule has 2 aromatic carbocycles. The summed E-state index contributed by atoms with van der Waals surface area (Å²) in [7, 11) is 1.57. The van der Waals surface area contributed by atoms with Crippen molar-refractivity contribution < 1.29 is 27.1 Å². The Bertz CT molecular complexity index is 1450. The van der Waals surface area contributed by atoms with Gasteiger partial charge in [-0.2, -0.15) is 18.4 Å². The molecule has 2 N–H and O–H groups in total. The second-order valence-electron chi connectivity index (χ2n) is 10.3. The molecular weight excluding hydrogens is 538 g/mol. The van der Waals surface area contributed by atoms with E-state index in [1.165, 1.54) is 6.07 Å². The number of ether oxygens (including phenoxy) is 1. The topological polar surface area (TPSA) is 90.3 Å². The monoisotopic (exact) mass is 567 g/mol. The highest BCUT2D eigenvalue weighted by Gasteiger charge is 2.45. The maximum absolute atomic E-state index is 14.4. The van der Waals surface area contributed by atoms with Crippen molar-refractivity contribution in [3.05, 3.63) is 77.5 Å². The third-order valence-electron chi connectivity index (χ3n) is 7.99. The fraction of sp³-hybridized carbons (Fsp3) is 0.367. The molecule has 3 heterocycles. The maximum Gasteiger partial charge on any atom is 0.416 e. The minimum absolute atomic E-state index is 0.0862. The second kappa shape index (κ2) is 11.4. The number of nitriles is 1. The Labute approximate surface area is 235 Å². The summed E-state index contributed by atoms with van der Waals surface area (Å²) in [5.41, 5.74) is 0.451. The van der Waals surface area contributed by atoms with Crippen LogP contribution in [0.1, 0.15) is 29.5 Å². The summed E-state index contributed by atoms with van der Waals surface area (Å²) >= 11 is 0. The highest BCUT2D eigenvalue weighted by molar-refractivity contribution is 5.89. The normalized spacial score (nSPS) is 20.3. The molecule has 1 amide bonds. The number of amides is 1. The van der Waals surface area contributed by atoms with Crippen LogP contribution in [-0.2, 0) is 16.4 Å². The molecule has 0 spiro atoms. The fourth-order valence-electron chi connectivity index (χ4n) is 5.64. The number of piperidine rings is 1. The lowest BCUT2D eigenvalue weighted by Crippen LogP contribution is -2.55. The van der Waals surface area contributed by atoms with Crippen LogP contribution in [0.4, 0.5) is 23.2 Å². The molecule has 2 aliphatic rings. The number of aromatic nitrogens is 1. The molecule has 0 aliphatic carbocycles. The molecule has 2 aliphatic heterocycles. The molecule has 0 bridgehead atoms. The van der Waals surface area contributed by atoms with E-state index in [0.717, 1.165) is 17.7 Å². The van der Waals surface area contributed by atoms with Crippen LogP contribution >= 0.6 is 0 Å². The third-order valence-corrected chi connectivity index (χ3v) is 7.99. The van der Waals surface area contributed by atoms with E-state index in [4.69, 9.17) is 4.74 Å². The molecule has 2 fully saturated rings. The number of hydrogen-bond donors (Lipinski definition) is 2. The van der Waals surface area contributed by atoms with Gasteiger partial charge in [0.05, 0.1) is 41.1 Å². The standard InChI is InChI=1S/C30H29F4N5O2/c1-41-27-5-3-2-4-22(27)24-8-6-21(16-37-24)29(28(40)38-25-18-36-17-23(25)31)10-12-39(13-11-29)26-9-7-20(30(32,33)34)14-19(26)15-35/h2-9,14,16,23,25,36H,10-13,17-18H2,1H3,(H,38,40)/t23-,25-/m1/s1. The largest absolute Gasteiger partial charge is 0.496 e. The molecular formula is C30H29F4N5O2. The van der Waals surface area contributed by atoms with Crippen molar-refractivity contribution in [1.82, 2.24) is 15.6 Å². The van der Waals surface area contributed by atoms with Gasteiger partial charge in [-0.05, 0) is 54.8 Å². The molecule has 0 radical (unpaired) electrons. The summed E-state index contributed by atoms with van der Waals surface area (Å²) < 4.78 is 59.5. The number of pyridine rings is 1. The van der Waals surface area contributed by atoms with E-state index in [1.54, 1.807) is 13.3 Å². The molecule has 11 heteroatoms. The summed E-state index contributed by atoms with van der Waals surface area (Å²) in [6.07, 6.45) is -3.55. The Kier molecular flexibility index (Phi) is 7.87. The van der Waals surface area contributed by atoms with Crippen molar-refractivity contribution in [2.24, 2.45) is 0 Å². The molecule has 0 saturated carbocycles. The van der Waals surface area contributed by atoms with Crippen LogP contribution in [-0.4, -0.2) is 56.4 Å². The van der Waals surface area contributed by atoms with Crippen LogP contribution in [0.15, 0.2) is 60.8 Å². The number of benzene rings is 2. The van der Waals surface area contributed by atoms with E-state index in [-0.39, 0.29) is 30.9 Å². The van der Waals surface area contributed by atoms with Gasteiger partial charge in [-0.25, -0.2) is 4.39 Å². The Hall–Kier alpha value is -4.17. The number of hydrogen-bond acceptors (Lipinski definition) is 6. The van der Waals surface area contributed by atoms with Crippen molar-refractivity contribution in [1.29, 1.82) is 5.26 Å². The lowest BCUT2D eigenvalue weighted by Gasteiger charge is -2.42. The van der Waals surface area contributed by atoms with Crippen molar-refractivity contribution in [3.8, 4) is 23.1 Å². The van der Waals surface area contributed by atoms with Gasteiger partial charge in [0, 0.05) is 37.9 Å². The summed E-state index contributed by atoms with van der Waals surface area (Å²) in [5.74, 6) is 0.328. The number of carbonyl (C=O) groups is 1. The van der Waals surface area contributed by atoms with Gasteiger partial charge in [-0.3, -0.25) is 9.78 Å². The lowest BCUT2D eigenvalue weighted by molar-refractivity contribution is -0.137. The van der Waals surface area contributed by atoms with E-state index in [0.29, 0.717) is 42.3 Å². The zero-order chi connectivity index (χ0) is 29.2. The minimum Gasteiger partial charge on any atom is -0.496 e. The van der Waals surface area contributed by atoms with Crippen molar-refractivity contribution in [3.63, 3.8) is 0 Å². The van der Waals surface area contributed by atoms with Crippen molar-refractivity contribution in [2.45, 2.75) is 36.6 Å². The zero-order valence-electron chi connectivity index (χ0n) is 22.3. The molecule has 7 nitrogen and oxygen atoms in total. The van der Waals surface area contributed by atoms with Crippen LogP contribution in [0.2, 0.25) is 0 Å². The third kappa shape index (κ3) is 5.57. The first-order valence-corrected chi connectivity index (χ1v) is 13.3. The van der Waals surface area contributed by atoms with Crippen LogP contribution in [0.5, 0.6) is 5.75 Å². The molecule has 41 heavy (non-hydrogen) atoms. The van der Waals surface area contributed by atoms with Crippen molar-refractivity contribution in [2.75, 3.05) is 38.2 Å². The number of para-hydroxylation sites is 1. The molecule has 5 rings (SSSR count). The van der Waals surface area contributed by atoms with E-state index in [1.807, 2.05) is 47.4 Å². The summed E-state index contributed by atoms with van der Waals surface area (Å²) in [6.45, 7) is 1.07. The highest BCUT2D eigenvalue weighted by Crippen LogP contribution is 2.40. The van der Waals surface area contributed by atoms with E-state index < -0.39 is 29.4 Å². The molecule has 0 unspecified atom stereocenters. The van der Waals surface area contributed by atoms with Crippen molar-refractivity contribution >= 4 is 11.6 Å². The lowest BCUT2D eigenvalue weighted by atomic mass is 9.72. The van der Waals surface area contributed by atoms with Gasteiger partial charge in [0.15, 0.2) is 0 Å². The van der Waals surface area contributed by atoms with Gasteiger partial charge < -0.3 is 20.3 Å². The molecule has 2 saturated heterocycles. The van der Waals surface area contributed by atoms with E-state index in [2.05, 4.69) is 15.6 Å². The number of anilines is 1. The molecule has 1 aromatic heterocycles. The maximum atomic E-state index is 14.4. The van der Waals surface area contributed by atoms with Gasteiger partial charge in [0.2, 0.25) is 5.91 Å². The summed E-state index contributed by atoms with van der Waals surface area (Å²) in [4.78, 5) is 20.3. The second-order valence-corrected chi connectivity index (χ2v) is 10.3. The Morgan fingerprint density at radius 3 is 2.51 bits per heavy atom. The Morgan fingerprint density at radius 2 is 1.90 bits per heavy atom. The number of nitrogens with one attached hydrogen (secondary N) is 2. The van der Waals surface area contributed by atoms with Crippen LogP contribution in [0, 0.1) is 11.3 Å². The Balaban J connectivity index is 1.45. The quantitative estimate of drug-likeness (QED) is 0.423. The van der Waals surface area contributed by atoms with E-state index in [9.17, 15) is 27.6 Å². The summed E-state index contributed by atoms with van der Waals surface area (Å²) in [6, 6.07) is 15.4. The number of carbonyl (C=O) groups excluding carboxylic acids is 1. The van der Waals surface area contributed by atoms with Gasteiger partial charge in [0.1, 0.15) is 18.0 Å². The van der Waals surface area contributed by atoms with Gasteiger partial charge >= 0.3 is 6.18 Å². The predicted molar refractivity (Wildman–Crippen MR) is 145 cm³/mol. The summed E-state index contributed by atoms with van der Waals surface area (Å²) in [5, 5.41) is 15.4. The zero-order valence-corrected chi connectivity index (χ0v) is 22.3. The average Bonchev–Trinajstić information content (AvgIpc) is 3.40. The first-order chi connectivity index (χ1) is 19.7. The van der Waals surface area contributed by atoms with Gasteiger partial charge in [-0.15, -0.1) is 0 Å². The smallest absolute Gasteiger partial charge is 0.416 e. The minimum atomic E-state index is -4.56. The number of methoxy groups -OCH3 is 1. The SMILES string of the molecule is COc1ccccc1-c1ccc(C2(C(=O)N[C@@H]3CNC[C@H]3F)CCN(c3ccc(C(F)(F)F)cc3C#N)CC2)cn1. The fourth-order valence-corrected chi connectivity index (χ4v) is 5.64.